The number of benzene rings is 2. The van der Waals surface area contributed by atoms with Crippen LogP contribution in [0.2, 0.25) is 0 Å². The minimum Gasteiger partial charge on any atom is -0.352 e. The Morgan fingerprint density at radius 3 is 2.38 bits per heavy atom. The Morgan fingerprint density at radius 1 is 1.00 bits per heavy atom. The number of carbonyl (C=O) groups is 1. The lowest BCUT2D eigenvalue weighted by Gasteiger charge is -2.30. The average molecular weight is 499 g/mol. The summed E-state index contributed by atoms with van der Waals surface area (Å²) >= 11 is 0. The second-order valence-electron chi connectivity index (χ2n) is 9.34. The Hall–Kier alpha value is -3.71. The summed E-state index contributed by atoms with van der Waals surface area (Å²) in [6, 6.07) is 20.2. The number of pyridine rings is 1. The number of likely N-dealkylation sites (tertiary alicyclic amines) is 1. The number of fused-ring (bicyclic) bond motifs is 1. The number of anilines is 2. The number of piperidine rings is 1. The molecule has 0 spiro atoms. The zero-order chi connectivity index (χ0) is 26.2. The zero-order valence-electron chi connectivity index (χ0n) is 22.4. The molecule has 7 heteroatoms. The molecule has 1 aliphatic rings. The van der Waals surface area contributed by atoms with Crippen LogP contribution in [0.1, 0.15) is 56.5 Å². The lowest BCUT2D eigenvalue weighted by atomic mass is 9.98. The standard InChI is InChI=1S/C28H32N6O.C2H6/c1-3-29-27(35)23-10-12-24(13-11-23)30-28-31-26-25(5-4-16-34(26)32-28)22-8-6-21(7-9-22)19-33-17-14-20(2)15-18-33;1-2/h4-13,16,20H,3,14-15,17-19H2,1-2H3,(H,29,35)(H,30,32);1-2H3. The van der Waals surface area contributed by atoms with Crippen LogP contribution in [-0.4, -0.2) is 45.0 Å². The van der Waals surface area contributed by atoms with Crippen molar-refractivity contribution in [2.45, 2.75) is 47.1 Å². The summed E-state index contributed by atoms with van der Waals surface area (Å²) in [5.74, 6) is 1.29. The first-order chi connectivity index (χ1) is 18.1. The molecular weight excluding hydrogens is 460 g/mol. The van der Waals surface area contributed by atoms with Crippen molar-refractivity contribution in [1.29, 1.82) is 0 Å². The van der Waals surface area contributed by atoms with Gasteiger partial charge in [-0.25, -0.2) is 4.52 Å². The van der Waals surface area contributed by atoms with Gasteiger partial charge in [-0.2, -0.15) is 4.98 Å². The van der Waals surface area contributed by atoms with E-state index < -0.39 is 0 Å². The third-order valence-electron chi connectivity index (χ3n) is 6.65. The number of rotatable bonds is 7. The van der Waals surface area contributed by atoms with E-state index in [-0.39, 0.29) is 5.91 Å². The predicted molar refractivity (Wildman–Crippen MR) is 151 cm³/mol. The van der Waals surface area contributed by atoms with Gasteiger partial charge in [0.05, 0.1) is 0 Å². The highest BCUT2D eigenvalue weighted by Crippen LogP contribution is 2.26. The molecule has 1 aliphatic heterocycles. The molecule has 1 fully saturated rings. The Kier molecular flexibility index (Phi) is 8.90. The summed E-state index contributed by atoms with van der Waals surface area (Å²) < 4.78 is 1.80. The van der Waals surface area contributed by atoms with Crippen LogP contribution in [0.15, 0.2) is 66.9 Å². The minimum atomic E-state index is -0.0777. The quantitative estimate of drug-likeness (QED) is 0.320. The Morgan fingerprint density at radius 2 is 1.70 bits per heavy atom. The fraction of sp³-hybridized carbons (Fsp3) is 0.367. The number of hydrogen-bond acceptors (Lipinski definition) is 5. The van der Waals surface area contributed by atoms with Gasteiger partial charge in [0.1, 0.15) is 0 Å². The molecule has 3 heterocycles. The lowest BCUT2D eigenvalue weighted by molar-refractivity contribution is 0.0956. The lowest BCUT2D eigenvalue weighted by Crippen LogP contribution is -2.32. The molecular formula is C30H38N6O. The fourth-order valence-corrected chi connectivity index (χ4v) is 4.55. The van der Waals surface area contributed by atoms with E-state index in [9.17, 15) is 4.79 Å². The molecule has 0 bridgehead atoms. The molecule has 2 aromatic heterocycles. The van der Waals surface area contributed by atoms with Crippen LogP contribution in [-0.2, 0) is 6.54 Å². The molecule has 1 amide bonds. The number of hydrogen-bond donors (Lipinski definition) is 2. The van der Waals surface area contributed by atoms with Crippen molar-refractivity contribution >= 4 is 23.2 Å². The van der Waals surface area contributed by atoms with Crippen molar-refractivity contribution in [2.75, 3.05) is 25.0 Å². The zero-order valence-corrected chi connectivity index (χ0v) is 22.4. The number of nitrogens with zero attached hydrogens (tertiary/aromatic N) is 4. The average Bonchev–Trinajstić information content (AvgIpc) is 3.35. The third-order valence-corrected chi connectivity index (χ3v) is 6.65. The Bertz CT molecular complexity index is 1290. The largest absolute Gasteiger partial charge is 0.352 e. The Balaban J connectivity index is 0.00000156. The van der Waals surface area contributed by atoms with E-state index in [1.807, 2.05) is 45.2 Å². The maximum Gasteiger partial charge on any atom is 0.251 e. The molecule has 0 radical (unpaired) electrons. The highest BCUT2D eigenvalue weighted by atomic mass is 16.1. The van der Waals surface area contributed by atoms with Gasteiger partial charge in [0.25, 0.3) is 5.91 Å². The van der Waals surface area contributed by atoms with Crippen molar-refractivity contribution in [3.05, 3.63) is 78.0 Å². The van der Waals surface area contributed by atoms with E-state index in [4.69, 9.17) is 4.98 Å². The molecule has 0 saturated carbocycles. The van der Waals surface area contributed by atoms with Gasteiger partial charge < -0.3 is 10.6 Å². The van der Waals surface area contributed by atoms with Crippen LogP contribution in [0, 0.1) is 5.92 Å². The van der Waals surface area contributed by atoms with Crippen molar-refractivity contribution < 1.29 is 4.79 Å². The van der Waals surface area contributed by atoms with Crippen molar-refractivity contribution in [3.8, 4) is 11.1 Å². The first-order valence-corrected chi connectivity index (χ1v) is 13.4. The van der Waals surface area contributed by atoms with Crippen LogP contribution in [0.3, 0.4) is 0 Å². The smallest absolute Gasteiger partial charge is 0.251 e. The molecule has 0 unspecified atom stereocenters. The number of nitrogens with one attached hydrogen (secondary N) is 2. The van der Waals surface area contributed by atoms with Gasteiger partial charge in [-0.05, 0) is 86.3 Å². The van der Waals surface area contributed by atoms with E-state index in [2.05, 4.69) is 57.9 Å². The SMILES string of the molecule is CC.CCNC(=O)c1ccc(Nc2nc3c(-c4ccc(CN5CCC(C)CC5)cc4)cccn3n2)cc1. The summed E-state index contributed by atoms with van der Waals surface area (Å²) in [5, 5.41) is 10.6. The van der Waals surface area contributed by atoms with Gasteiger partial charge in [-0.15, -0.1) is 5.10 Å². The molecule has 2 aromatic carbocycles. The maximum atomic E-state index is 12.0. The number of amides is 1. The summed E-state index contributed by atoms with van der Waals surface area (Å²) in [5.41, 5.74) is 5.75. The van der Waals surface area contributed by atoms with Crippen LogP contribution >= 0.6 is 0 Å². The van der Waals surface area contributed by atoms with E-state index in [1.54, 1.807) is 16.6 Å². The first-order valence-electron chi connectivity index (χ1n) is 13.4. The van der Waals surface area contributed by atoms with E-state index >= 15 is 0 Å². The first kappa shape index (κ1) is 26.4. The van der Waals surface area contributed by atoms with Crippen molar-refractivity contribution in [3.63, 3.8) is 0 Å². The minimum absolute atomic E-state index is 0.0777. The molecule has 0 aliphatic carbocycles. The molecule has 1 saturated heterocycles. The molecule has 5 rings (SSSR count). The van der Waals surface area contributed by atoms with Crippen molar-refractivity contribution in [2.24, 2.45) is 5.92 Å². The Labute approximate surface area is 219 Å². The second-order valence-corrected chi connectivity index (χ2v) is 9.34. The topological polar surface area (TPSA) is 74.6 Å². The van der Waals surface area contributed by atoms with Gasteiger partial charge in [0, 0.05) is 36.1 Å². The van der Waals surface area contributed by atoms with Gasteiger partial charge >= 0.3 is 0 Å². The van der Waals surface area contributed by atoms with Crippen LogP contribution in [0.25, 0.3) is 16.8 Å². The predicted octanol–water partition coefficient (Wildman–Crippen LogP) is 6.15. The molecule has 0 atom stereocenters. The normalized spacial score (nSPS) is 14.2. The van der Waals surface area contributed by atoms with Crippen molar-refractivity contribution in [1.82, 2.24) is 24.8 Å². The summed E-state index contributed by atoms with van der Waals surface area (Å²) in [7, 11) is 0. The van der Waals surface area contributed by atoms with Gasteiger partial charge in [0.2, 0.25) is 5.95 Å². The molecule has 194 valence electrons. The number of aromatic nitrogens is 3. The molecule has 2 N–H and O–H groups in total. The summed E-state index contributed by atoms with van der Waals surface area (Å²) in [6.07, 6.45) is 4.49. The second kappa shape index (κ2) is 12.5. The highest BCUT2D eigenvalue weighted by Gasteiger charge is 2.16. The fourth-order valence-electron chi connectivity index (χ4n) is 4.55. The van der Waals surface area contributed by atoms with Gasteiger partial charge in [-0.1, -0.05) is 45.0 Å². The van der Waals surface area contributed by atoms with Crippen LogP contribution < -0.4 is 10.6 Å². The molecule has 7 nitrogen and oxygen atoms in total. The van der Waals surface area contributed by atoms with E-state index in [0.29, 0.717) is 18.1 Å². The maximum absolute atomic E-state index is 12.0. The third kappa shape index (κ3) is 6.54. The molecule has 4 aromatic rings. The summed E-state index contributed by atoms with van der Waals surface area (Å²) in [4.78, 5) is 19.3. The number of carbonyl (C=O) groups excluding carboxylic acids is 1. The van der Waals surface area contributed by atoms with Gasteiger partial charge in [0.15, 0.2) is 5.65 Å². The summed E-state index contributed by atoms with van der Waals surface area (Å²) in [6.45, 7) is 12.2. The monoisotopic (exact) mass is 498 g/mol. The highest BCUT2D eigenvalue weighted by molar-refractivity contribution is 5.94. The van der Waals surface area contributed by atoms with E-state index in [1.165, 1.54) is 31.5 Å². The van der Waals surface area contributed by atoms with Crippen LogP contribution in [0.5, 0.6) is 0 Å². The van der Waals surface area contributed by atoms with Gasteiger partial charge in [-0.3, -0.25) is 9.69 Å². The molecule has 37 heavy (non-hydrogen) atoms. The van der Waals surface area contributed by atoms with Crippen LogP contribution in [0.4, 0.5) is 11.6 Å². The van der Waals surface area contributed by atoms with E-state index in [0.717, 1.165) is 34.9 Å².